The Morgan fingerprint density at radius 1 is 1.12 bits per heavy atom. The summed E-state index contributed by atoms with van der Waals surface area (Å²) in [5.41, 5.74) is 1.83. The molecule has 0 bridgehead atoms. The van der Waals surface area contributed by atoms with E-state index in [4.69, 9.17) is 4.74 Å². The van der Waals surface area contributed by atoms with E-state index in [2.05, 4.69) is 9.88 Å². The normalized spacial score (nSPS) is 14.7. The van der Waals surface area contributed by atoms with Crippen molar-refractivity contribution >= 4 is 42.4 Å². The smallest absolute Gasteiger partial charge is 0.229 e. The number of hydrogen-bond acceptors (Lipinski definition) is 7. The Kier molecular flexibility index (Phi) is 8.83. The molecule has 1 fully saturated rings. The fourth-order valence-corrected chi connectivity index (χ4v) is 5.83. The molecule has 0 N–H and O–H groups in total. The molecule has 0 radical (unpaired) electrons. The number of thiazole rings is 1. The Bertz CT molecular complexity index is 1140. The van der Waals surface area contributed by atoms with Gasteiger partial charge in [-0.3, -0.25) is 14.6 Å². The zero-order chi connectivity index (χ0) is 22.6. The van der Waals surface area contributed by atoms with E-state index in [9.17, 15) is 13.2 Å². The average Bonchev–Trinajstić information content (AvgIpc) is 3.23. The summed E-state index contributed by atoms with van der Waals surface area (Å²) < 4.78 is 31.9. The second-order valence-electron chi connectivity index (χ2n) is 7.85. The molecule has 33 heavy (non-hydrogen) atoms. The van der Waals surface area contributed by atoms with Gasteiger partial charge in [-0.1, -0.05) is 41.2 Å². The number of nitrogens with zero attached hydrogens (tertiary/aromatic N) is 3. The Morgan fingerprint density at radius 3 is 2.52 bits per heavy atom. The van der Waals surface area contributed by atoms with Gasteiger partial charge in [-0.15, -0.1) is 0 Å². The third kappa shape index (κ3) is 6.51. The van der Waals surface area contributed by atoms with Crippen molar-refractivity contribution in [3.63, 3.8) is 0 Å². The molecule has 3 aromatic rings. The fourth-order valence-electron chi connectivity index (χ4n) is 3.59. The number of aryl methyl sites for hydroxylation is 1. The molecule has 2 aromatic carbocycles. The van der Waals surface area contributed by atoms with Gasteiger partial charge in [0.05, 0.1) is 34.1 Å². The largest absolute Gasteiger partial charge is 1.00 e. The number of amides is 1. The number of carbonyl (C=O) groups is 1. The van der Waals surface area contributed by atoms with E-state index >= 15 is 0 Å². The first-order chi connectivity index (χ1) is 15.4. The molecule has 0 atom stereocenters. The van der Waals surface area contributed by atoms with Gasteiger partial charge in [0.1, 0.15) is 0 Å². The van der Waals surface area contributed by atoms with Crippen molar-refractivity contribution in [2.75, 3.05) is 50.0 Å². The molecule has 1 aromatic heterocycles. The Morgan fingerprint density at radius 2 is 1.82 bits per heavy atom. The molecule has 0 spiro atoms. The third-order valence-electron chi connectivity index (χ3n) is 5.52. The number of halogens is 1. The SMILES string of the molecule is Cc1ccc(S(=O)(=O)CCC(=O)N(CCN2CCOCC2)c2nc3ccccc3s2)cc1.[Cl-]. The maximum atomic E-state index is 13.2. The maximum absolute atomic E-state index is 13.2. The van der Waals surface area contributed by atoms with Crippen LogP contribution in [0.15, 0.2) is 53.4 Å². The molecule has 7 nitrogen and oxygen atoms in total. The van der Waals surface area contributed by atoms with Gasteiger partial charge in [-0.05, 0) is 31.2 Å². The molecule has 0 unspecified atom stereocenters. The lowest BCUT2D eigenvalue weighted by Crippen LogP contribution is -3.00. The van der Waals surface area contributed by atoms with Crippen LogP contribution in [0, 0.1) is 6.92 Å². The lowest BCUT2D eigenvalue weighted by Gasteiger charge is -2.29. The number of para-hydroxylation sites is 1. The second-order valence-corrected chi connectivity index (χ2v) is 11.0. The first-order valence-electron chi connectivity index (χ1n) is 10.7. The van der Waals surface area contributed by atoms with Crippen molar-refractivity contribution in [2.45, 2.75) is 18.2 Å². The highest BCUT2D eigenvalue weighted by atomic mass is 35.5. The van der Waals surface area contributed by atoms with Crippen molar-refractivity contribution < 1.29 is 30.4 Å². The number of hydrogen-bond donors (Lipinski definition) is 0. The van der Waals surface area contributed by atoms with Crippen LogP contribution in [0.1, 0.15) is 12.0 Å². The zero-order valence-electron chi connectivity index (χ0n) is 18.4. The highest BCUT2D eigenvalue weighted by Crippen LogP contribution is 2.29. The summed E-state index contributed by atoms with van der Waals surface area (Å²) in [7, 11) is -3.54. The van der Waals surface area contributed by atoms with Crippen molar-refractivity contribution in [2.24, 2.45) is 0 Å². The van der Waals surface area contributed by atoms with E-state index in [1.165, 1.54) is 11.3 Å². The molecular weight excluding hydrogens is 482 g/mol. The van der Waals surface area contributed by atoms with Crippen LogP contribution >= 0.6 is 11.3 Å². The Labute approximate surface area is 204 Å². The molecular formula is C23H27ClN3O4S2-. The summed E-state index contributed by atoms with van der Waals surface area (Å²) in [4.78, 5) is 22.0. The standard InChI is InChI=1S/C23H27N3O4S2.ClH/c1-18-6-8-19(9-7-18)32(28,29)17-10-22(27)26(12-11-25-13-15-30-16-14-25)23-24-20-4-2-3-5-21(20)31-23;/h2-9H,10-17H2,1H3;1H/p-1. The quantitative estimate of drug-likeness (QED) is 0.430. The van der Waals surface area contributed by atoms with Crippen LogP contribution in [0.3, 0.4) is 0 Å². The monoisotopic (exact) mass is 508 g/mol. The first-order valence-corrected chi connectivity index (χ1v) is 13.1. The molecule has 0 aliphatic carbocycles. The van der Waals surface area contributed by atoms with E-state index in [1.807, 2.05) is 31.2 Å². The minimum absolute atomic E-state index is 0. The van der Waals surface area contributed by atoms with Crippen LogP contribution < -0.4 is 17.3 Å². The lowest BCUT2D eigenvalue weighted by molar-refractivity contribution is -0.118. The van der Waals surface area contributed by atoms with E-state index < -0.39 is 9.84 Å². The summed E-state index contributed by atoms with van der Waals surface area (Å²) in [5, 5.41) is 0.609. The van der Waals surface area contributed by atoms with E-state index in [-0.39, 0.29) is 35.4 Å². The Balaban J connectivity index is 0.00000306. The van der Waals surface area contributed by atoms with E-state index in [1.54, 1.807) is 29.2 Å². The molecule has 4 rings (SSSR count). The molecule has 1 aliphatic heterocycles. The van der Waals surface area contributed by atoms with Gasteiger partial charge in [0.25, 0.3) is 0 Å². The number of aromatic nitrogens is 1. The van der Waals surface area contributed by atoms with E-state index in [0.717, 1.165) is 28.9 Å². The van der Waals surface area contributed by atoms with E-state index in [0.29, 0.717) is 31.4 Å². The fraction of sp³-hybridized carbons (Fsp3) is 0.391. The summed E-state index contributed by atoms with van der Waals surface area (Å²) >= 11 is 1.45. The molecule has 0 saturated carbocycles. The molecule has 1 amide bonds. The van der Waals surface area contributed by atoms with Crippen LogP contribution in [-0.4, -0.2) is 69.4 Å². The van der Waals surface area contributed by atoms with Gasteiger partial charge in [-0.25, -0.2) is 13.4 Å². The molecule has 1 saturated heterocycles. The predicted octanol–water partition coefficient (Wildman–Crippen LogP) is 0.138. The van der Waals surface area contributed by atoms with Gasteiger partial charge in [-0.2, -0.15) is 0 Å². The Hall–Kier alpha value is -2.04. The second kappa shape index (κ2) is 11.4. The zero-order valence-corrected chi connectivity index (χ0v) is 20.8. The summed E-state index contributed by atoms with van der Waals surface area (Å²) in [6.45, 7) is 6.07. The number of carbonyl (C=O) groups excluding carboxylic acids is 1. The summed E-state index contributed by atoms with van der Waals surface area (Å²) in [6.07, 6.45) is -0.0880. The van der Waals surface area contributed by atoms with Gasteiger partial charge in [0.2, 0.25) is 5.91 Å². The van der Waals surface area contributed by atoms with Crippen molar-refractivity contribution in [3.05, 3.63) is 54.1 Å². The van der Waals surface area contributed by atoms with Crippen molar-refractivity contribution in [3.8, 4) is 0 Å². The van der Waals surface area contributed by atoms with Gasteiger partial charge in [0, 0.05) is 32.6 Å². The minimum atomic E-state index is -3.54. The van der Waals surface area contributed by atoms with Gasteiger partial charge >= 0.3 is 0 Å². The maximum Gasteiger partial charge on any atom is 0.229 e. The van der Waals surface area contributed by atoms with Gasteiger partial charge in [0.15, 0.2) is 15.0 Å². The summed E-state index contributed by atoms with van der Waals surface area (Å²) in [5.74, 6) is -0.457. The van der Waals surface area contributed by atoms with Crippen molar-refractivity contribution in [1.82, 2.24) is 9.88 Å². The van der Waals surface area contributed by atoms with Crippen LogP contribution in [0.2, 0.25) is 0 Å². The van der Waals surface area contributed by atoms with Crippen LogP contribution in [0.25, 0.3) is 10.2 Å². The molecule has 10 heteroatoms. The van der Waals surface area contributed by atoms with Crippen LogP contribution in [0.5, 0.6) is 0 Å². The highest BCUT2D eigenvalue weighted by Gasteiger charge is 2.24. The summed E-state index contributed by atoms with van der Waals surface area (Å²) in [6, 6.07) is 14.5. The minimum Gasteiger partial charge on any atom is -1.00 e. The lowest BCUT2D eigenvalue weighted by atomic mass is 10.2. The topological polar surface area (TPSA) is 79.8 Å². The molecule has 2 heterocycles. The number of rotatable bonds is 8. The van der Waals surface area contributed by atoms with Crippen molar-refractivity contribution in [1.29, 1.82) is 0 Å². The number of anilines is 1. The van der Waals surface area contributed by atoms with Gasteiger partial charge < -0.3 is 17.1 Å². The number of benzene rings is 2. The highest BCUT2D eigenvalue weighted by molar-refractivity contribution is 7.91. The number of sulfone groups is 1. The first kappa shape index (κ1) is 25.6. The molecule has 178 valence electrons. The van der Waals surface area contributed by atoms with Crippen LogP contribution in [-0.2, 0) is 19.4 Å². The number of fused-ring (bicyclic) bond motifs is 1. The average molecular weight is 509 g/mol. The third-order valence-corrected chi connectivity index (χ3v) is 8.31. The predicted molar refractivity (Wildman–Crippen MR) is 127 cm³/mol. The van der Waals surface area contributed by atoms with Crippen LogP contribution in [0.4, 0.5) is 5.13 Å². The molecule has 1 aliphatic rings. The number of ether oxygens (including phenoxy) is 1. The number of morpholine rings is 1.